The number of carbonyl (C=O) groups is 1. The van der Waals surface area contributed by atoms with Crippen molar-refractivity contribution in [2.75, 3.05) is 19.8 Å². The molecule has 7 nitrogen and oxygen atoms in total. The Morgan fingerprint density at radius 2 is 2.12 bits per heavy atom. The molecule has 1 aromatic carbocycles. The summed E-state index contributed by atoms with van der Waals surface area (Å²) in [5, 5.41) is 7.85. The van der Waals surface area contributed by atoms with Gasteiger partial charge in [-0.25, -0.2) is 13.6 Å². The molecule has 0 spiro atoms. The fourth-order valence-corrected chi connectivity index (χ4v) is 2.94. The SMILES string of the molecule is CC(OCC1CCCO1)C(=O)NCCc1ccc(S(N)(=O)=O)cc1. The Balaban J connectivity index is 1.69. The third kappa shape index (κ3) is 5.86. The van der Waals surface area contributed by atoms with E-state index in [0.29, 0.717) is 19.6 Å². The Kier molecular flexibility index (Phi) is 6.73. The zero-order chi connectivity index (χ0) is 17.6. The van der Waals surface area contributed by atoms with Gasteiger partial charge < -0.3 is 14.8 Å². The lowest BCUT2D eigenvalue weighted by Crippen LogP contribution is -2.37. The van der Waals surface area contributed by atoms with Gasteiger partial charge in [-0.2, -0.15) is 0 Å². The third-order valence-electron chi connectivity index (χ3n) is 3.89. The van der Waals surface area contributed by atoms with Gasteiger partial charge in [0.2, 0.25) is 15.9 Å². The average molecular weight is 356 g/mol. The first kappa shape index (κ1) is 18.9. The molecule has 1 aromatic rings. The minimum Gasteiger partial charge on any atom is -0.376 e. The topological polar surface area (TPSA) is 108 Å². The zero-order valence-corrected chi connectivity index (χ0v) is 14.6. The molecular weight excluding hydrogens is 332 g/mol. The Morgan fingerprint density at radius 3 is 2.71 bits per heavy atom. The number of amides is 1. The number of hydrogen-bond donors (Lipinski definition) is 2. The van der Waals surface area contributed by atoms with Gasteiger partial charge >= 0.3 is 0 Å². The van der Waals surface area contributed by atoms with Gasteiger partial charge in [-0.3, -0.25) is 4.79 Å². The molecule has 2 atom stereocenters. The van der Waals surface area contributed by atoms with Gasteiger partial charge in [-0.15, -0.1) is 0 Å². The van der Waals surface area contributed by atoms with E-state index in [1.54, 1.807) is 19.1 Å². The molecule has 1 amide bonds. The fraction of sp³-hybridized carbons (Fsp3) is 0.562. The standard InChI is InChI=1S/C16H24N2O5S/c1-12(23-11-14-3-2-10-22-14)16(19)18-9-8-13-4-6-15(7-5-13)24(17,20)21/h4-7,12,14H,2-3,8-11H2,1H3,(H,18,19)(H2,17,20,21). The van der Waals surface area contributed by atoms with Crippen LogP contribution in [0.1, 0.15) is 25.3 Å². The molecule has 3 N–H and O–H groups in total. The summed E-state index contributed by atoms with van der Waals surface area (Å²) >= 11 is 0. The first-order valence-electron chi connectivity index (χ1n) is 7.99. The van der Waals surface area contributed by atoms with Crippen LogP contribution < -0.4 is 10.5 Å². The maximum atomic E-state index is 12.0. The highest BCUT2D eigenvalue weighted by Crippen LogP contribution is 2.13. The van der Waals surface area contributed by atoms with Crippen LogP contribution in [0.4, 0.5) is 0 Å². The van der Waals surface area contributed by atoms with Crippen LogP contribution >= 0.6 is 0 Å². The highest BCUT2D eigenvalue weighted by atomic mass is 32.2. The number of carbonyl (C=O) groups excluding carboxylic acids is 1. The number of ether oxygens (including phenoxy) is 2. The molecule has 1 aliphatic heterocycles. The second-order valence-corrected chi connectivity index (χ2v) is 7.40. The molecule has 134 valence electrons. The lowest BCUT2D eigenvalue weighted by Gasteiger charge is -2.16. The van der Waals surface area contributed by atoms with Crippen molar-refractivity contribution in [1.29, 1.82) is 0 Å². The highest BCUT2D eigenvalue weighted by molar-refractivity contribution is 7.89. The number of hydrogen-bond acceptors (Lipinski definition) is 5. The monoisotopic (exact) mass is 356 g/mol. The van der Waals surface area contributed by atoms with Gasteiger partial charge in [0, 0.05) is 13.2 Å². The summed E-state index contributed by atoms with van der Waals surface area (Å²) in [6.45, 7) is 3.36. The van der Waals surface area contributed by atoms with Crippen molar-refractivity contribution in [1.82, 2.24) is 5.32 Å². The molecule has 0 saturated carbocycles. The van der Waals surface area contributed by atoms with Crippen LogP contribution in [0.3, 0.4) is 0 Å². The van der Waals surface area contributed by atoms with E-state index in [-0.39, 0.29) is 16.9 Å². The summed E-state index contributed by atoms with van der Waals surface area (Å²) in [5.41, 5.74) is 0.913. The smallest absolute Gasteiger partial charge is 0.248 e. The molecule has 1 aliphatic rings. The van der Waals surface area contributed by atoms with Crippen LogP contribution in [0, 0.1) is 0 Å². The van der Waals surface area contributed by atoms with E-state index in [2.05, 4.69) is 5.32 Å². The lowest BCUT2D eigenvalue weighted by atomic mass is 10.1. The van der Waals surface area contributed by atoms with Crippen molar-refractivity contribution in [3.8, 4) is 0 Å². The third-order valence-corrected chi connectivity index (χ3v) is 4.82. The van der Waals surface area contributed by atoms with Crippen molar-refractivity contribution in [3.63, 3.8) is 0 Å². The quantitative estimate of drug-likeness (QED) is 0.708. The maximum absolute atomic E-state index is 12.0. The number of rotatable bonds is 8. The van der Waals surface area contributed by atoms with Gasteiger partial charge in [0.05, 0.1) is 17.6 Å². The van der Waals surface area contributed by atoms with E-state index in [4.69, 9.17) is 14.6 Å². The zero-order valence-electron chi connectivity index (χ0n) is 13.7. The van der Waals surface area contributed by atoms with E-state index < -0.39 is 16.1 Å². The molecule has 8 heteroatoms. The summed E-state index contributed by atoms with van der Waals surface area (Å²) in [6.07, 6.45) is 2.17. The number of sulfonamides is 1. The van der Waals surface area contributed by atoms with Crippen LogP contribution in [0.5, 0.6) is 0 Å². The van der Waals surface area contributed by atoms with Gasteiger partial charge in [0.25, 0.3) is 0 Å². The lowest BCUT2D eigenvalue weighted by molar-refractivity contribution is -0.133. The van der Waals surface area contributed by atoms with Crippen molar-refractivity contribution >= 4 is 15.9 Å². The molecule has 1 fully saturated rings. The average Bonchev–Trinajstić information content (AvgIpc) is 3.05. The molecule has 1 saturated heterocycles. The normalized spacial score (nSPS) is 19.2. The van der Waals surface area contributed by atoms with Gasteiger partial charge in [0.15, 0.2) is 0 Å². The molecule has 2 unspecified atom stereocenters. The van der Waals surface area contributed by atoms with E-state index in [9.17, 15) is 13.2 Å². The molecule has 0 aromatic heterocycles. The van der Waals surface area contributed by atoms with Crippen LogP contribution in [0.15, 0.2) is 29.2 Å². The molecule has 0 aliphatic carbocycles. The molecule has 24 heavy (non-hydrogen) atoms. The summed E-state index contributed by atoms with van der Waals surface area (Å²) in [5.74, 6) is -0.172. The molecular formula is C16H24N2O5S. The van der Waals surface area contributed by atoms with Gasteiger partial charge in [-0.1, -0.05) is 12.1 Å². The highest BCUT2D eigenvalue weighted by Gasteiger charge is 2.19. The fourth-order valence-electron chi connectivity index (χ4n) is 2.42. The predicted octanol–water partition coefficient (Wildman–Crippen LogP) is 0.577. The van der Waals surface area contributed by atoms with Gasteiger partial charge in [0.1, 0.15) is 6.10 Å². The molecule has 2 rings (SSSR count). The number of nitrogens with two attached hydrogens (primary N) is 1. The van der Waals surface area contributed by atoms with Crippen molar-refractivity contribution in [2.24, 2.45) is 5.14 Å². The van der Waals surface area contributed by atoms with E-state index in [1.165, 1.54) is 12.1 Å². The van der Waals surface area contributed by atoms with Crippen LogP contribution in [-0.4, -0.2) is 46.3 Å². The van der Waals surface area contributed by atoms with Crippen molar-refractivity contribution < 1.29 is 22.7 Å². The second kappa shape index (κ2) is 8.57. The van der Waals surface area contributed by atoms with Crippen LogP contribution in [0.2, 0.25) is 0 Å². The Morgan fingerprint density at radius 1 is 1.42 bits per heavy atom. The first-order valence-corrected chi connectivity index (χ1v) is 9.53. The van der Waals surface area contributed by atoms with Gasteiger partial charge in [-0.05, 0) is 43.9 Å². The van der Waals surface area contributed by atoms with E-state index in [0.717, 1.165) is 25.0 Å². The number of benzene rings is 1. The van der Waals surface area contributed by atoms with E-state index >= 15 is 0 Å². The Labute approximate surface area is 142 Å². The second-order valence-electron chi connectivity index (χ2n) is 5.84. The summed E-state index contributed by atoms with van der Waals surface area (Å²) in [6, 6.07) is 6.28. The number of primary sulfonamides is 1. The Bertz CT molecular complexity index is 639. The van der Waals surface area contributed by atoms with Crippen molar-refractivity contribution in [2.45, 2.75) is 43.3 Å². The molecule has 1 heterocycles. The van der Waals surface area contributed by atoms with Crippen LogP contribution in [-0.2, 0) is 30.7 Å². The summed E-state index contributed by atoms with van der Waals surface area (Å²) in [4.78, 5) is 12.0. The first-order chi connectivity index (χ1) is 11.4. The molecule has 0 bridgehead atoms. The minimum absolute atomic E-state index is 0.0754. The van der Waals surface area contributed by atoms with Crippen LogP contribution in [0.25, 0.3) is 0 Å². The summed E-state index contributed by atoms with van der Waals surface area (Å²) in [7, 11) is -3.67. The molecule has 0 radical (unpaired) electrons. The van der Waals surface area contributed by atoms with E-state index in [1.807, 2.05) is 0 Å². The Hall–Kier alpha value is -1.48. The van der Waals surface area contributed by atoms with Crippen molar-refractivity contribution in [3.05, 3.63) is 29.8 Å². The predicted molar refractivity (Wildman–Crippen MR) is 88.9 cm³/mol. The maximum Gasteiger partial charge on any atom is 0.248 e. The summed E-state index contributed by atoms with van der Waals surface area (Å²) < 4.78 is 33.3. The largest absolute Gasteiger partial charge is 0.376 e. The minimum atomic E-state index is -3.67. The number of nitrogens with one attached hydrogen (secondary N) is 1.